The zero-order chi connectivity index (χ0) is 22.5. The summed E-state index contributed by atoms with van der Waals surface area (Å²) in [6.07, 6.45) is 1.74. The van der Waals surface area contributed by atoms with Gasteiger partial charge in [-0.2, -0.15) is 0 Å². The van der Waals surface area contributed by atoms with Crippen molar-refractivity contribution in [2.45, 2.75) is 46.8 Å². The molecule has 0 saturated heterocycles. The van der Waals surface area contributed by atoms with Crippen molar-refractivity contribution in [3.63, 3.8) is 0 Å². The number of thiophene rings is 1. The number of aromatic nitrogens is 2. The molecule has 0 saturated carbocycles. The predicted molar refractivity (Wildman–Crippen MR) is 119 cm³/mol. The molecule has 1 atom stereocenters. The summed E-state index contributed by atoms with van der Waals surface area (Å²) in [5.74, 6) is -0.768. The quantitative estimate of drug-likeness (QED) is 0.484. The van der Waals surface area contributed by atoms with Gasteiger partial charge >= 0.3 is 11.9 Å². The van der Waals surface area contributed by atoms with Gasteiger partial charge in [-0.05, 0) is 30.4 Å². The van der Waals surface area contributed by atoms with E-state index < -0.39 is 18.0 Å². The molecule has 3 rings (SSSR count). The summed E-state index contributed by atoms with van der Waals surface area (Å²) in [6, 6.07) is 8.60. The van der Waals surface area contributed by atoms with Crippen molar-refractivity contribution < 1.29 is 19.1 Å². The monoisotopic (exact) mass is 442 g/mol. The van der Waals surface area contributed by atoms with Gasteiger partial charge in [0.05, 0.1) is 18.3 Å². The third-order valence-electron chi connectivity index (χ3n) is 4.83. The Hall–Kier alpha value is -3.00. The highest BCUT2D eigenvalue weighted by Gasteiger charge is 2.26. The minimum atomic E-state index is -0.768. The van der Waals surface area contributed by atoms with Gasteiger partial charge in [0.25, 0.3) is 5.56 Å². The second-order valence-corrected chi connectivity index (χ2v) is 8.70. The lowest BCUT2D eigenvalue weighted by Gasteiger charge is -2.17. The topological polar surface area (TPSA) is 87.5 Å². The van der Waals surface area contributed by atoms with Crippen LogP contribution in [0.15, 0.2) is 41.5 Å². The van der Waals surface area contributed by atoms with Crippen LogP contribution in [-0.2, 0) is 20.9 Å². The fourth-order valence-electron chi connectivity index (χ4n) is 3.16. The van der Waals surface area contributed by atoms with Crippen LogP contribution < -0.4 is 5.56 Å². The molecular formula is C23H26N2O5S. The van der Waals surface area contributed by atoms with Crippen molar-refractivity contribution in [2.24, 2.45) is 5.92 Å². The lowest BCUT2D eigenvalue weighted by atomic mass is 10.2. The summed E-state index contributed by atoms with van der Waals surface area (Å²) in [6.45, 7) is 7.83. The molecule has 0 spiro atoms. The van der Waals surface area contributed by atoms with Gasteiger partial charge in [-0.1, -0.05) is 51.1 Å². The van der Waals surface area contributed by atoms with E-state index in [-0.39, 0.29) is 24.7 Å². The molecule has 31 heavy (non-hydrogen) atoms. The molecule has 3 aromatic rings. The minimum absolute atomic E-state index is 0.143. The average Bonchev–Trinajstić information content (AvgIpc) is 3.10. The molecule has 2 heterocycles. The number of nitrogens with zero attached hydrogens (tertiary/aromatic N) is 2. The van der Waals surface area contributed by atoms with Crippen LogP contribution in [0.1, 0.15) is 54.0 Å². The van der Waals surface area contributed by atoms with Crippen molar-refractivity contribution >= 4 is 33.5 Å². The number of esters is 2. The van der Waals surface area contributed by atoms with Crippen molar-refractivity contribution in [1.82, 2.24) is 9.55 Å². The molecule has 0 fully saturated rings. The van der Waals surface area contributed by atoms with E-state index >= 15 is 0 Å². The Kier molecular flexibility index (Phi) is 7.22. The number of aryl methyl sites for hydroxylation is 1. The maximum absolute atomic E-state index is 13.2. The van der Waals surface area contributed by atoms with Gasteiger partial charge in [0.15, 0.2) is 0 Å². The number of hydrogen-bond acceptors (Lipinski definition) is 7. The van der Waals surface area contributed by atoms with Crippen molar-refractivity contribution in [1.29, 1.82) is 0 Å². The standard InChI is InChI=1S/C23H26N2O5S/c1-5-17(22(27)29-11-14(2)3)25-13-24-20-18(21(25)26)15(4)19(31-20)23(28)30-12-16-9-7-6-8-10-16/h6-10,13-14,17H,5,11-12H2,1-4H3. The van der Waals surface area contributed by atoms with Crippen LogP contribution in [0.4, 0.5) is 0 Å². The molecule has 0 N–H and O–H groups in total. The van der Waals surface area contributed by atoms with Crippen LogP contribution in [-0.4, -0.2) is 28.1 Å². The van der Waals surface area contributed by atoms with E-state index in [0.717, 1.165) is 16.9 Å². The number of carbonyl (C=O) groups is 2. The Morgan fingerprint density at radius 1 is 1.16 bits per heavy atom. The van der Waals surface area contributed by atoms with Gasteiger partial charge in [0, 0.05) is 0 Å². The van der Waals surface area contributed by atoms with Crippen molar-refractivity contribution in [3.8, 4) is 0 Å². The van der Waals surface area contributed by atoms with Crippen LogP contribution in [0.5, 0.6) is 0 Å². The number of fused-ring (bicyclic) bond motifs is 1. The summed E-state index contributed by atoms with van der Waals surface area (Å²) < 4.78 is 12.0. The number of rotatable bonds is 8. The molecule has 7 nitrogen and oxygen atoms in total. The smallest absolute Gasteiger partial charge is 0.349 e. The average molecular weight is 443 g/mol. The normalized spacial score (nSPS) is 12.2. The molecule has 0 amide bonds. The molecule has 2 aromatic heterocycles. The minimum Gasteiger partial charge on any atom is -0.464 e. The largest absolute Gasteiger partial charge is 0.464 e. The van der Waals surface area contributed by atoms with Crippen LogP contribution in [0.25, 0.3) is 10.2 Å². The second-order valence-electron chi connectivity index (χ2n) is 7.70. The molecular weight excluding hydrogens is 416 g/mol. The summed E-state index contributed by atoms with van der Waals surface area (Å²) in [5.41, 5.74) is 1.02. The van der Waals surface area contributed by atoms with Crippen molar-refractivity contribution in [3.05, 3.63) is 63.0 Å². The first-order valence-corrected chi connectivity index (χ1v) is 11.0. The first-order chi connectivity index (χ1) is 14.8. The number of ether oxygens (including phenoxy) is 2. The van der Waals surface area contributed by atoms with E-state index in [1.54, 1.807) is 6.92 Å². The first kappa shape index (κ1) is 22.7. The highest BCUT2D eigenvalue weighted by molar-refractivity contribution is 7.20. The van der Waals surface area contributed by atoms with Gasteiger partial charge in [-0.25, -0.2) is 14.6 Å². The van der Waals surface area contributed by atoms with E-state index in [1.807, 2.05) is 51.1 Å². The van der Waals surface area contributed by atoms with E-state index in [1.165, 1.54) is 10.9 Å². The van der Waals surface area contributed by atoms with Crippen LogP contribution in [0.3, 0.4) is 0 Å². The fourth-order valence-corrected chi connectivity index (χ4v) is 4.20. The SMILES string of the molecule is CCC(C(=O)OCC(C)C)n1cnc2sc(C(=O)OCc3ccccc3)c(C)c2c1=O. The lowest BCUT2D eigenvalue weighted by molar-refractivity contribution is -0.149. The fraction of sp³-hybridized carbons (Fsp3) is 0.391. The van der Waals surface area contributed by atoms with Gasteiger partial charge in [-0.3, -0.25) is 9.36 Å². The lowest BCUT2D eigenvalue weighted by Crippen LogP contribution is -2.31. The van der Waals surface area contributed by atoms with Gasteiger partial charge in [0.2, 0.25) is 0 Å². The van der Waals surface area contributed by atoms with Gasteiger partial charge in [-0.15, -0.1) is 11.3 Å². The zero-order valence-corrected chi connectivity index (χ0v) is 18.9. The molecule has 0 radical (unpaired) electrons. The first-order valence-electron chi connectivity index (χ1n) is 10.2. The summed E-state index contributed by atoms with van der Waals surface area (Å²) in [7, 11) is 0. The third kappa shape index (κ3) is 5.02. The van der Waals surface area contributed by atoms with Gasteiger partial charge < -0.3 is 9.47 Å². The zero-order valence-electron chi connectivity index (χ0n) is 18.1. The molecule has 164 valence electrons. The molecule has 0 aliphatic heterocycles. The van der Waals surface area contributed by atoms with E-state index in [9.17, 15) is 14.4 Å². The van der Waals surface area contributed by atoms with Crippen LogP contribution >= 0.6 is 11.3 Å². The molecule has 8 heteroatoms. The summed E-state index contributed by atoms with van der Waals surface area (Å²) in [4.78, 5) is 43.4. The highest BCUT2D eigenvalue weighted by atomic mass is 32.1. The Morgan fingerprint density at radius 3 is 2.52 bits per heavy atom. The molecule has 0 aliphatic rings. The number of hydrogen-bond donors (Lipinski definition) is 0. The van der Waals surface area contributed by atoms with E-state index in [2.05, 4.69) is 4.98 Å². The van der Waals surface area contributed by atoms with Crippen molar-refractivity contribution in [2.75, 3.05) is 6.61 Å². The highest BCUT2D eigenvalue weighted by Crippen LogP contribution is 2.28. The maximum atomic E-state index is 13.2. The van der Waals surface area contributed by atoms with Crippen LogP contribution in [0, 0.1) is 12.8 Å². The van der Waals surface area contributed by atoms with Crippen LogP contribution in [0.2, 0.25) is 0 Å². The van der Waals surface area contributed by atoms with E-state index in [4.69, 9.17) is 9.47 Å². The molecule has 1 unspecified atom stereocenters. The molecule has 0 bridgehead atoms. The number of carbonyl (C=O) groups excluding carboxylic acids is 2. The summed E-state index contributed by atoms with van der Waals surface area (Å²) >= 11 is 1.12. The Balaban J connectivity index is 1.88. The second kappa shape index (κ2) is 9.87. The Bertz CT molecular complexity index is 1130. The Morgan fingerprint density at radius 2 is 1.87 bits per heavy atom. The maximum Gasteiger partial charge on any atom is 0.349 e. The van der Waals surface area contributed by atoms with E-state index in [0.29, 0.717) is 27.1 Å². The summed E-state index contributed by atoms with van der Waals surface area (Å²) in [5, 5.41) is 0.328. The van der Waals surface area contributed by atoms with Gasteiger partial charge in [0.1, 0.15) is 22.4 Å². The molecule has 1 aromatic carbocycles. The third-order valence-corrected chi connectivity index (χ3v) is 6.01. The number of benzene rings is 1. The predicted octanol–water partition coefficient (Wildman–Crippen LogP) is 4.27. The Labute approximate surface area is 184 Å². The molecule has 0 aliphatic carbocycles.